The van der Waals surface area contributed by atoms with Crippen molar-refractivity contribution in [1.82, 2.24) is 0 Å². The molecule has 0 saturated heterocycles. The Kier molecular flexibility index (Phi) is 6.25. The molecule has 3 fully saturated rings. The van der Waals surface area contributed by atoms with Gasteiger partial charge in [-0.1, -0.05) is 59.3 Å². The molecule has 0 heterocycles. The second kappa shape index (κ2) is 8.25. The number of carboxylic acids is 1. The first kappa shape index (κ1) is 25.0. The van der Waals surface area contributed by atoms with Gasteiger partial charge in [0.15, 0.2) is 0 Å². The van der Waals surface area contributed by atoms with Gasteiger partial charge in [0.05, 0.1) is 6.10 Å². The molecule has 8 atom stereocenters. The molecular formula is C30H48O3. The average molecular weight is 457 g/mol. The maximum atomic E-state index is 11.1. The zero-order valence-electron chi connectivity index (χ0n) is 22.2. The molecule has 0 aromatic rings. The number of aliphatic hydroxyl groups excluding tert-OH is 1. The lowest BCUT2D eigenvalue weighted by molar-refractivity contribution is -0.132. The zero-order valence-corrected chi connectivity index (χ0v) is 22.2. The van der Waals surface area contributed by atoms with E-state index >= 15 is 0 Å². The Bertz CT molecular complexity index is 853. The number of hydrogen-bond donors (Lipinski definition) is 2. The van der Waals surface area contributed by atoms with Crippen LogP contribution in [-0.4, -0.2) is 22.3 Å². The quantitative estimate of drug-likeness (QED) is 0.335. The maximum Gasteiger partial charge on any atom is 0.330 e. The first-order valence-electron chi connectivity index (χ1n) is 13.6. The Morgan fingerprint density at radius 2 is 1.79 bits per heavy atom. The van der Waals surface area contributed by atoms with E-state index in [1.165, 1.54) is 32.1 Å². The van der Waals surface area contributed by atoms with Crippen LogP contribution in [0.25, 0.3) is 0 Å². The highest BCUT2D eigenvalue weighted by Crippen LogP contribution is 2.73. The third kappa shape index (κ3) is 3.58. The fourth-order valence-corrected chi connectivity index (χ4v) is 9.52. The van der Waals surface area contributed by atoms with Crippen molar-refractivity contribution in [3.05, 3.63) is 23.3 Å². The topological polar surface area (TPSA) is 57.5 Å². The lowest BCUT2D eigenvalue weighted by Crippen LogP contribution is -2.57. The lowest BCUT2D eigenvalue weighted by Gasteiger charge is -2.64. The largest absolute Gasteiger partial charge is 0.478 e. The van der Waals surface area contributed by atoms with Gasteiger partial charge in [0.2, 0.25) is 0 Å². The number of aliphatic hydroxyl groups is 1. The van der Waals surface area contributed by atoms with Crippen molar-refractivity contribution in [3.63, 3.8) is 0 Å². The molecular weight excluding hydrogens is 408 g/mol. The van der Waals surface area contributed by atoms with Crippen molar-refractivity contribution in [2.45, 2.75) is 112 Å². The van der Waals surface area contributed by atoms with E-state index < -0.39 is 5.97 Å². The predicted molar refractivity (Wildman–Crippen MR) is 135 cm³/mol. The van der Waals surface area contributed by atoms with Gasteiger partial charge in [-0.2, -0.15) is 0 Å². The van der Waals surface area contributed by atoms with E-state index in [9.17, 15) is 9.90 Å². The summed E-state index contributed by atoms with van der Waals surface area (Å²) >= 11 is 0. The van der Waals surface area contributed by atoms with E-state index in [0.29, 0.717) is 40.1 Å². The lowest BCUT2D eigenvalue weighted by atomic mass is 9.41. The highest BCUT2D eigenvalue weighted by atomic mass is 16.4. The molecule has 3 saturated carbocycles. The van der Waals surface area contributed by atoms with Gasteiger partial charge in [0, 0.05) is 5.57 Å². The summed E-state index contributed by atoms with van der Waals surface area (Å²) in [5, 5.41) is 20.0. The Morgan fingerprint density at radius 1 is 1.09 bits per heavy atom. The van der Waals surface area contributed by atoms with Crippen LogP contribution in [-0.2, 0) is 4.79 Å². The smallest absolute Gasteiger partial charge is 0.330 e. The summed E-state index contributed by atoms with van der Waals surface area (Å²) < 4.78 is 0. The molecule has 0 unspecified atom stereocenters. The first-order chi connectivity index (χ1) is 15.3. The number of fused-ring (bicyclic) bond motifs is 5. The Balaban J connectivity index is 1.59. The van der Waals surface area contributed by atoms with Crippen LogP contribution in [0.2, 0.25) is 0 Å². The molecule has 186 valence electrons. The standard InChI is InChI=1S/C30H48O3/c1-19(9-8-10-20(2)26(32)33)21-13-17-30(7)23-11-12-24-27(3,4)25(31)15-16-28(24,5)22(23)14-18-29(21,30)6/h10,14,19,21,23-25,31H,8-9,11-13,15-18H2,1-7H3,(H,32,33)/b20-10-/t19-,21-,23+,24+,25+,28-,29-,30+/m1/s1. The number of hydrogen-bond acceptors (Lipinski definition) is 2. The number of carbonyl (C=O) groups is 1. The summed E-state index contributed by atoms with van der Waals surface area (Å²) in [5.74, 6) is 1.77. The number of carboxylic acid groups (broad SMARTS) is 1. The van der Waals surface area contributed by atoms with Crippen molar-refractivity contribution < 1.29 is 15.0 Å². The van der Waals surface area contributed by atoms with Crippen LogP contribution >= 0.6 is 0 Å². The van der Waals surface area contributed by atoms with Crippen LogP contribution in [0.4, 0.5) is 0 Å². The van der Waals surface area contributed by atoms with E-state index in [-0.39, 0.29) is 16.9 Å². The van der Waals surface area contributed by atoms with Gasteiger partial charge in [0.1, 0.15) is 0 Å². The maximum absolute atomic E-state index is 11.1. The molecule has 0 radical (unpaired) electrons. The van der Waals surface area contributed by atoms with E-state index in [0.717, 1.165) is 25.7 Å². The van der Waals surface area contributed by atoms with Crippen LogP contribution in [0.15, 0.2) is 23.3 Å². The van der Waals surface area contributed by atoms with Crippen LogP contribution in [0.1, 0.15) is 106 Å². The summed E-state index contributed by atoms with van der Waals surface area (Å²) in [5.41, 5.74) is 3.11. The highest BCUT2D eigenvalue weighted by molar-refractivity contribution is 5.85. The molecule has 0 bridgehead atoms. The van der Waals surface area contributed by atoms with E-state index in [4.69, 9.17) is 5.11 Å². The average Bonchev–Trinajstić information content (AvgIpc) is 3.02. The van der Waals surface area contributed by atoms with Crippen molar-refractivity contribution in [3.8, 4) is 0 Å². The van der Waals surface area contributed by atoms with E-state index in [1.807, 2.05) is 6.08 Å². The molecule has 0 aromatic carbocycles. The normalized spacial score (nSPS) is 45.5. The highest BCUT2D eigenvalue weighted by Gasteiger charge is 2.65. The minimum atomic E-state index is -0.796. The van der Waals surface area contributed by atoms with Crippen molar-refractivity contribution in [1.29, 1.82) is 0 Å². The summed E-state index contributed by atoms with van der Waals surface area (Å²) in [6.07, 6.45) is 14.7. The summed E-state index contributed by atoms with van der Waals surface area (Å²) in [6, 6.07) is 0. The minimum Gasteiger partial charge on any atom is -0.478 e. The summed E-state index contributed by atoms with van der Waals surface area (Å²) in [4.78, 5) is 11.1. The predicted octanol–water partition coefficient (Wildman–Crippen LogP) is 7.40. The van der Waals surface area contributed by atoms with Gasteiger partial charge >= 0.3 is 5.97 Å². The van der Waals surface area contributed by atoms with Crippen molar-refractivity contribution in [2.24, 2.45) is 45.3 Å². The van der Waals surface area contributed by atoms with Crippen LogP contribution in [0, 0.1) is 45.3 Å². The van der Waals surface area contributed by atoms with Crippen LogP contribution in [0.5, 0.6) is 0 Å². The molecule has 3 heteroatoms. The van der Waals surface area contributed by atoms with Crippen molar-refractivity contribution >= 4 is 5.97 Å². The molecule has 4 aliphatic rings. The Morgan fingerprint density at radius 3 is 2.45 bits per heavy atom. The fourth-order valence-electron chi connectivity index (χ4n) is 9.52. The van der Waals surface area contributed by atoms with Gasteiger partial charge in [-0.25, -0.2) is 4.79 Å². The number of allylic oxidation sites excluding steroid dienone is 3. The third-order valence-electron chi connectivity index (χ3n) is 12.0. The van der Waals surface area contributed by atoms with E-state index in [1.54, 1.807) is 12.5 Å². The van der Waals surface area contributed by atoms with Crippen LogP contribution in [0.3, 0.4) is 0 Å². The first-order valence-corrected chi connectivity index (χ1v) is 13.6. The molecule has 0 aromatic heterocycles. The molecule has 4 aliphatic carbocycles. The molecule has 0 aliphatic heterocycles. The summed E-state index contributed by atoms with van der Waals surface area (Å²) in [7, 11) is 0. The molecule has 3 nitrogen and oxygen atoms in total. The molecule has 2 N–H and O–H groups in total. The van der Waals surface area contributed by atoms with Gasteiger partial charge in [-0.3, -0.25) is 0 Å². The Labute approximate surface area is 202 Å². The molecule has 0 spiro atoms. The zero-order chi connectivity index (χ0) is 24.4. The van der Waals surface area contributed by atoms with Gasteiger partial charge < -0.3 is 10.2 Å². The van der Waals surface area contributed by atoms with Gasteiger partial charge in [0.25, 0.3) is 0 Å². The third-order valence-corrected chi connectivity index (χ3v) is 12.0. The minimum absolute atomic E-state index is 0.00517. The molecule has 33 heavy (non-hydrogen) atoms. The summed E-state index contributed by atoms with van der Waals surface area (Å²) in [6.45, 7) is 16.5. The van der Waals surface area contributed by atoms with E-state index in [2.05, 4.69) is 47.6 Å². The van der Waals surface area contributed by atoms with Gasteiger partial charge in [-0.15, -0.1) is 0 Å². The number of aliphatic carboxylic acids is 1. The second-order valence-corrected chi connectivity index (χ2v) is 13.6. The Hall–Kier alpha value is -1.09. The molecule has 4 rings (SSSR count). The monoisotopic (exact) mass is 456 g/mol. The SMILES string of the molecule is C/C(=C/CC[C@@H](C)[C@H]1CC[C@@]2(C)[C@H]3CC[C@H]4C(C)(C)[C@@H](O)CC[C@]4(C)C3=CC[C@]12C)C(=O)O. The van der Waals surface area contributed by atoms with Gasteiger partial charge in [-0.05, 0) is 110 Å². The van der Waals surface area contributed by atoms with Crippen LogP contribution < -0.4 is 0 Å². The fraction of sp³-hybridized carbons (Fsp3) is 0.833. The second-order valence-electron chi connectivity index (χ2n) is 13.6. The number of rotatable bonds is 5. The molecule has 0 amide bonds. The van der Waals surface area contributed by atoms with Crippen molar-refractivity contribution in [2.75, 3.05) is 0 Å².